The molecule has 0 bridgehead atoms. The number of furan rings is 1. The first-order valence-electron chi connectivity index (χ1n) is 6.00. The maximum atomic E-state index is 12.3. The molecule has 0 unspecified atom stereocenters. The van der Waals surface area contributed by atoms with E-state index in [0.29, 0.717) is 17.3 Å². The second-order valence-corrected chi connectivity index (χ2v) is 5.02. The molecule has 1 amide bonds. The Hall–Kier alpha value is -2.18. The van der Waals surface area contributed by atoms with E-state index in [0.717, 1.165) is 10.9 Å². The highest BCUT2D eigenvalue weighted by atomic mass is 32.1. The first-order valence-corrected chi connectivity index (χ1v) is 6.87. The van der Waals surface area contributed by atoms with Crippen LogP contribution in [0.3, 0.4) is 0 Å². The topological polar surface area (TPSA) is 64.4 Å². The maximum absolute atomic E-state index is 12.3. The number of para-hydroxylation sites is 1. The number of thiazole rings is 1. The van der Waals surface area contributed by atoms with Crippen LogP contribution in [-0.4, -0.2) is 18.0 Å². The van der Waals surface area contributed by atoms with Gasteiger partial charge in [0.05, 0.1) is 6.61 Å². The minimum Gasteiger partial charge on any atom is -0.451 e. The lowest BCUT2D eigenvalue weighted by atomic mass is 10.1. The average Bonchev–Trinajstić information content (AvgIpc) is 3.07. The normalized spacial score (nSPS) is 10.8. The van der Waals surface area contributed by atoms with Gasteiger partial charge in [0, 0.05) is 29.6 Å². The number of hydrogen-bond donors (Lipinski definition) is 1. The minimum absolute atomic E-state index is 0.267. The number of anilines is 1. The number of carbonyl (C=O) groups is 1. The van der Waals surface area contributed by atoms with E-state index in [1.165, 1.54) is 11.3 Å². The largest absolute Gasteiger partial charge is 0.451 e. The fraction of sp³-hybridized carbons (Fsp3) is 0.143. The van der Waals surface area contributed by atoms with E-state index < -0.39 is 0 Å². The lowest BCUT2D eigenvalue weighted by Crippen LogP contribution is -2.13. The van der Waals surface area contributed by atoms with Gasteiger partial charge in [-0.05, 0) is 6.07 Å². The first-order chi connectivity index (χ1) is 9.79. The number of aromatic nitrogens is 1. The lowest BCUT2D eigenvalue weighted by molar-refractivity contribution is 0.0992. The minimum atomic E-state index is -0.316. The molecule has 0 spiro atoms. The van der Waals surface area contributed by atoms with Crippen molar-refractivity contribution in [1.29, 1.82) is 0 Å². The third-order valence-electron chi connectivity index (χ3n) is 2.85. The smallest absolute Gasteiger partial charge is 0.293 e. The monoisotopic (exact) mass is 288 g/mol. The third-order valence-corrected chi connectivity index (χ3v) is 3.53. The van der Waals surface area contributed by atoms with Gasteiger partial charge in [0.2, 0.25) is 0 Å². The predicted molar refractivity (Wildman–Crippen MR) is 77.0 cm³/mol. The molecular weight excluding hydrogens is 276 g/mol. The molecule has 3 aromatic rings. The van der Waals surface area contributed by atoms with Crippen molar-refractivity contribution >= 4 is 33.3 Å². The highest BCUT2D eigenvalue weighted by Crippen LogP contribution is 2.27. The summed E-state index contributed by atoms with van der Waals surface area (Å²) >= 11 is 1.36. The average molecular weight is 288 g/mol. The third kappa shape index (κ3) is 2.31. The SMILES string of the molecule is COCc1c(C(=O)Nc2nccs2)oc2ccccc12. The van der Waals surface area contributed by atoms with Crippen molar-refractivity contribution < 1.29 is 13.9 Å². The van der Waals surface area contributed by atoms with Gasteiger partial charge in [-0.2, -0.15) is 0 Å². The highest BCUT2D eigenvalue weighted by Gasteiger charge is 2.20. The van der Waals surface area contributed by atoms with E-state index in [1.807, 2.05) is 24.3 Å². The van der Waals surface area contributed by atoms with Crippen LogP contribution in [0, 0.1) is 0 Å². The van der Waals surface area contributed by atoms with Crippen LogP contribution in [0.5, 0.6) is 0 Å². The Morgan fingerprint density at radius 3 is 3.05 bits per heavy atom. The van der Waals surface area contributed by atoms with Gasteiger partial charge in [-0.25, -0.2) is 4.98 Å². The van der Waals surface area contributed by atoms with E-state index in [2.05, 4.69) is 10.3 Å². The molecule has 20 heavy (non-hydrogen) atoms. The van der Waals surface area contributed by atoms with Crippen molar-refractivity contribution in [2.24, 2.45) is 0 Å². The van der Waals surface area contributed by atoms with E-state index in [1.54, 1.807) is 18.7 Å². The number of ether oxygens (including phenoxy) is 1. The van der Waals surface area contributed by atoms with Gasteiger partial charge in [-0.1, -0.05) is 18.2 Å². The number of nitrogens with one attached hydrogen (secondary N) is 1. The summed E-state index contributed by atoms with van der Waals surface area (Å²) in [5.41, 5.74) is 1.42. The van der Waals surface area contributed by atoms with E-state index in [-0.39, 0.29) is 11.7 Å². The first kappa shape index (κ1) is 12.8. The quantitative estimate of drug-likeness (QED) is 0.800. The van der Waals surface area contributed by atoms with Gasteiger partial charge in [-0.3, -0.25) is 10.1 Å². The summed E-state index contributed by atoms with van der Waals surface area (Å²) in [5.74, 6) is -0.0496. The summed E-state index contributed by atoms with van der Waals surface area (Å²) in [6.45, 7) is 0.317. The number of benzene rings is 1. The van der Waals surface area contributed by atoms with Crippen LogP contribution in [0.4, 0.5) is 5.13 Å². The molecule has 0 saturated heterocycles. The molecule has 0 aliphatic carbocycles. The molecule has 0 aliphatic rings. The van der Waals surface area contributed by atoms with E-state index in [4.69, 9.17) is 9.15 Å². The molecule has 102 valence electrons. The number of nitrogens with zero attached hydrogens (tertiary/aromatic N) is 1. The molecule has 2 aromatic heterocycles. The zero-order valence-electron chi connectivity index (χ0n) is 10.8. The Morgan fingerprint density at radius 2 is 2.30 bits per heavy atom. The summed E-state index contributed by atoms with van der Waals surface area (Å²) < 4.78 is 10.8. The van der Waals surface area contributed by atoms with Crippen LogP contribution < -0.4 is 5.32 Å². The fourth-order valence-corrected chi connectivity index (χ4v) is 2.53. The molecule has 3 rings (SSSR count). The Labute approximate surface area is 119 Å². The van der Waals surface area contributed by atoms with Crippen molar-refractivity contribution in [2.45, 2.75) is 6.61 Å². The number of carbonyl (C=O) groups excluding carboxylic acids is 1. The zero-order chi connectivity index (χ0) is 13.9. The Kier molecular flexibility index (Phi) is 3.49. The molecule has 0 aliphatic heterocycles. The van der Waals surface area contributed by atoms with Crippen LogP contribution in [0.2, 0.25) is 0 Å². The van der Waals surface area contributed by atoms with E-state index >= 15 is 0 Å². The zero-order valence-corrected chi connectivity index (χ0v) is 11.6. The second-order valence-electron chi connectivity index (χ2n) is 4.13. The summed E-state index contributed by atoms with van der Waals surface area (Å²) in [7, 11) is 1.59. The van der Waals surface area contributed by atoms with Gasteiger partial charge in [0.15, 0.2) is 10.9 Å². The molecule has 0 radical (unpaired) electrons. The molecule has 0 atom stereocenters. The molecule has 1 N–H and O–H groups in total. The molecule has 1 aromatic carbocycles. The van der Waals surface area contributed by atoms with Gasteiger partial charge in [0.25, 0.3) is 5.91 Å². The highest BCUT2D eigenvalue weighted by molar-refractivity contribution is 7.13. The summed E-state index contributed by atoms with van der Waals surface area (Å²) in [6, 6.07) is 7.51. The van der Waals surface area contributed by atoms with Crippen LogP contribution in [0.1, 0.15) is 16.1 Å². The van der Waals surface area contributed by atoms with Crippen molar-refractivity contribution in [3.05, 3.63) is 47.2 Å². The lowest BCUT2D eigenvalue weighted by Gasteiger charge is -2.02. The molecule has 5 nitrogen and oxygen atoms in total. The number of amides is 1. The van der Waals surface area contributed by atoms with Gasteiger partial charge < -0.3 is 9.15 Å². The van der Waals surface area contributed by atoms with Crippen molar-refractivity contribution in [3.8, 4) is 0 Å². The molecule has 2 heterocycles. The number of fused-ring (bicyclic) bond motifs is 1. The standard InChI is InChI=1S/C14H12N2O3S/c1-18-8-10-9-4-2-3-5-11(9)19-12(10)13(17)16-14-15-6-7-20-14/h2-7H,8H2,1H3,(H,15,16,17). The van der Waals surface area contributed by atoms with Gasteiger partial charge in [-0.15, -0.1) is 11.3 Å². The van der Waals surface area contributed by atoms with Crippen molar-refractivity contribution in [1.82, 2.24) is 4.98 Å². The second kappa shape index (κ2) is 5.44. The van der Waals surface area contributed by atoms with E-state index in [9.17, 15) is 4.79 Å². The Bertz CT molecular complexity index is 734. The predicted octanol–water partition coefficient (Wildman–Crippen LogP) is 3.29. The maximum Gasteiger partial charge on any atom is 0.293 e. The van der Waals surface area contributed by atoms with Gasteiger partial charge in [0.1, 0.15) is 5.58 Å². The van der Waals surface area contributed by atoms with Crippen molar-refractivity contribution in [3.63, 3.8) is 0 Å². The fourth-order valence-electron chi connectivity index (χ4n) is 2.01. The van der Waals surface area contributed by atoms with Crippen LogP contribution >= 0.6 is 11.3 Å². The molecular formula is C14H12N2O3S. The number of rotatable bonds is 4. The summed E-state index contributed by atoms with van der Waals surface area (Å²) in [6.07, 6.45) is 1.63. The number of methoxy groups -OCH3 is 1. The molecule has 0 fully saturated rings. The number of hydrogen-bond acceptors (Lipinski definition) is 5. The van der Waals surface area contributed by atoms with Gasteiger partial charge >= 0.3 is 0 Å². The summed E-state index contributed by atoms with van der Waals surface area (Å²) in [4.78, 5) is 16.3. The van der Waals surface area contributed by atoms with Crippen LogP contribution in [0.15, 0.2) is 40.3 Å². The van der Waals surface area contributed by atoms with Crippen LogP contribution in [0.25, 0.3) is 11.0 Å². The Balaban J connectivity index is 2.01. The summed E-state index contributed by atoms with van der Waals surface area (Å²) in [5, 5.41) is 5.94. The molecule has 0 saturated carbocycles. The van der Waals surface area contributed by atoms with Crippen molar-refractivity contribution in [2.75, 3.05) is 12.4 Å². The molecule has 6 heteroatoms. The van der Waals surface area contributed by atoms with Crippen LogP contribution in [-0.2, 0) is 11.3 Å². The Morgan fingerprint density at radius 1 is 1.45 bits per heavy atom.